The first-order valence-electron chi connectivity index (χ1n) is 9.30. The van der Waals surface area contributed by atoms with Gasteiger partial charge in [0, 0.05) is 9.75 Å². The molecule has 6 nitrogen and oxygen atoms in total. The summed E-state index contributed by atoms with van der Waals surface area (Å²) in [6.07, 6.45) is 2.79. The lowest BCUT2D eigenvalue weighted by Crippen LogP contribution is -2.30. The Kier molecular flexibility index (Phi) is 6.51. The summed E-state index contributed by atoms with van der Waals surface area (Å²) in [4.78, 5) is 39.8. The van der Waals surface area contributed by atoms with Crippen LogP contribution in [0.4, 0.5) is 5.00 Å². The number of nitrogens with one attached hydrogen (secondary N) is 1. The average molecular weight is 422 g/mol. The number of fused-ring (bicyclic) bond motifs is 1. The number of amides is 1. The van der Waals surface area contributed by atoms with E-state index in [-0.39, 0.29) is 6.61 Å². The zero-order valence-corrected chi connectivity index (χ0v) is 17.8. The fourth-order valence-electron chi connectivity index (χ4n) is 3.10. The molecule has 1 unspecified atom stereocenters. The van der Waals surface area contributed by atoms with Crippen LogP contribution in [0.25, 0.3) is 0 Å². The van der Waals surface area contributed by atoms with Crippen LogP contribution in [-0.2, 0) is 27.1 Å². The molecule has 0 fully saturated rings. The minimum atomic E-state index is -0.982. The van der Waals surface area contributed by atoms with E-state index in [2.05, 4.69) is 5.32 Å². The van der Waals surface area contributed by atoms with E-state index < -0.39 is 23.9 Å². The van der Waals surface area contributed by atoms with Crippen molar-refractivity contribution in [2.24, 2.45) is 0 Å². The Hall–Kier alpha value is -2.19. The van der Waals surface area contributed by atoms with Crippen molar-refractivity contribution in [1.29, 1.82) is 0 Å². The Morgan fingerprint density at radius 1 is 1.14 bits per heavy atom. The molecule has 3 rings (SSSR count). The number of thiophene rings is 2. The van der Waals surface area contributed by atoms with Crippen molar-refractivity contribution in [3.05, 3.63) is 37.9 Å². The Morgan fingerprint density at radius 3 is 2.57 bits per heavy atom. The molecule has 0 saturated carbocycles. The van der Waals surface area contributed by atoms with Gasteiger partial charge in [0.05, 0.1) is 12.2 Å². The second-order valence-corrected chi connectivity index (χ2v) is 8.98. The first-order valence-corrected chi connectivity index (χ1v) is 10.9. The van der Waals surface area contributed by atoms with Gasteiger partial charge in [-0.25, -0.2) is 9.59 Å². The number of carbonyl (C=O) groups excluding carboxylic acids is 3. The second kappa shape index (κ2) is 8.87. The van der Waals surface area contributed by atoms with Gasteiger partial charge in [-0.15, -0.1) is 22.7 Å². The van der Waals surface area contributed by atoms with E-state index in [0.29, 0.717) is 15.4 Å². The Morgan fingerprint density at radius 2 is 1.89 bits per heavy atom. The Labute approximate surface area is 171 Å². The summed E-state index contributed by atoms with van der Waals surface area (Å²) in [6.45, 7) is 5.44. The lowest BCUT2D eigenvalue weighted by Gasteiger charge is -2.14. The van der Waals surface area contributed by atoms with E-state index >= 15 is 0 Å². The molecule has 0 aromatic carbocycles. The van der Waals surface area contributed by atoms with Gasteiger partial charge >= 0.3 is 11.9 Å². The van der Waals surface area contributed by atoms with Gasteiger partial charge in [-0.3, -0.25) is 4.79 Å². The lowest BCUT2D eigenvalue weighted by atomic mass is 9.95. The van der Waals surface area contributed by atoms with Crippen LogP contribution in [-0.4, -0.2) is 30.6 Å². The number of rotatable bonds is 6. The second-order valence-electron chi connectivity index (χ2n) is 6.58. The van der Waals surface area contributed by atoms with Crippen molar-refractivity contribution in [2.45, 2.75) is 52.6 Å². The number of anilines is 1. The minimum absolute atomic E-state index is 0.269. The maximum absolute atomic E-state index is 12.6. The quantitative estimate of drug-likeness (QED) is 0.701. The van der Waals surface area contributed by atoms with E-state index in [0.717, 1.165) is 41.0 Å². The molecule has 0 spiro atoms. The van der Waals surface area contributed by atoms with Gasteiger partial charge in [0.1, 0.15) is 9.88 Å². The molecule has 1 amide bonds. The molecule has 2 aromatic rings. The van der Waals surface area contributed by atoms with Crippen molar-refractivity contribution in [1.82, 2.24) is 0 Å². The van der Waals surface area contributed by atoms with Crippen LogP contribution >= 0.6 is 22.7 Å². The zero-order valence-electron chi connectivity index (χ0n) is 16.1. The Balaban J connectivity index is 1.74. The van der Waals surface area contributed by atoms with Gasteiger partial charge in [-0.1, -0.05) is 0 Å². The average Bonchev–Trinajstić information content (AvgIpc) is 3.25. The molecular weight excluding hydrogens is 398 g/mol. The molecule has 2 heterocycles. The molecular formula is C20H23NO5S2. The molecule has 1 aliphatic rings. The van der Waals surface area contributed by atoms with E-state index in [1.54, 1.807) is 13.0 Å². The maximum Gasteiger partial charge on any atom is 0.349 e. The summed E-state index contributed by atoms with van der Waals surface area (Å²) in [5.74, 6) is -1.42. The normalized spacial score (nSPS) is 14.1. The van der Waals surface area contributed by atoms with Crippen LogP contribution in [0.5, 0.6) is 0 Å². The third kappa shape index (κ3) is 4.44. The molecule has 0 aliphatic heterocycles. The van der Waals surface area contributed by atoms with E-state index in [1.807, 2.05) is 13.0 Å². The van der Waals surface area contributed by atoms with Crippen LogP contribution in [0.1, 0.15) is 62.0 Å². The maximum atomic E-state index is 12.6. The molecule has 1 atom stereocenters. The van der Waals surface area contributed by atoms with Gasteiger partial charge in [-0.05, 0) is 64.2 Å². The van der Waals surface area contributed by atoms with Crippen LogP contribution in [0.3, 0.4) is 0 Å². The van der Waals surface area contributed by atoms with Crippen molar-refractivity contribution in [2.75, 3.05) is 11.9 Å². The van der Waals surface area contributed by atoms with Crippen LogP contribution in [0.15, 0.2) is 12.1 Å². The molecule has 28 heavy (non-hydrogen) atoms. The summed E-state index contributed by atoms with van der Waals surface area (Å²) in [5, 5.41) is 3.25. The predicted octanol–water partition coefficient (Wildman–Crippen LogP) is 4.36. The molecule has 0 radical (unpaired) electrons. The van der Waals surface area contributed by atoms with Crippen LogP contribution in [0, 0.1) is 6.92 Å². The summed E-state index contributed by atoms with van der Waals surface area (Å²) < 4.78 is 10.5. The first kappa shape index (κ1) is 20.5. The Bertz CT molecular complexity index is 899. The SMILES string of the molecule is CCOC(=O)c1c(NC(=O)C(C)OC(=O)c2ccc(C)s2)sc2c1CCCC2. The van der Waals surface area contributed by atoms with E-state index in [4.69, 9.17) is 9.47 Å². The summed E-state index contributed by atoms with van der Waals surface area (Å²) in [5.41, 5.74) is 1.42. The molecule has 1 N–H and O–H groups in total. The van der Waals surface area contributed by atoms with Crippen molar-refractivity contribution in [3.63, 3.8) is 0 Å². The molecule has 0 bridgehead atoms. The third-order valence-corrected chi connectivity index (χ3v) is 6.67. The summed E-state index contributed by atoms with van der Waals surface area (Å²) in [6, 6.07) is 3.51. The number of esters is 2. The summed E-state index contributed by atoms with van der Waals surface area (Å²) in [7, 11) is 0. The number of carbonyl (C=O) groups is 3. The van der Waals surface area contributed by atoms with E-state index in [9.17, 15) is 14.4 Å². The molecule has 0 saturated heterocycles. The van der Waals surface area contributed by atoms with Crippen molar-refractivity contribution >= 4 is 45.5 Å². The lowest BCUT2D eigenvalue weighted by molar-refractivity contribution is -0.123. The van der Waals surface area contributed by atoms with Gasteiger partial charge in [-0.2, -0.15) is 0 Å². The highest BCUT2D eigenvalue weighted by Gasteiger charge is 2.29. The predicted molar refractivity (Wildman–Crippen MR) is 109 cm³/mol. The molecule has 150 valence electrons. The third-order valence-electron chi connectivity index (χ3n) is 4.48. The highest BCUT2D eigenvalue weighted by molar-refractivity contribution is 7.17. The van der Waals surface area contributed by atoms with Gasteiger partial charge in [0.15, 0.2) is 6.10 Å². The largest absolute Gasteiger partial charge is 0.462 e. The standard InChI is InChI=1S/C20H23NO5S2/c1-4-25-20(24)16-13-7-5-6-8-14(13)28-18(16)21-17(22)12(3)26-19(23)15-10-9-11(2)27-15/h9-10,12H,4-8H2,1-3H3,(H,21,22). The molecule has 8 heteroatoms. The van der Waals surface area contributed by atoms with Crippen molar-refractivity contribution < 1.29 is 23.9 Å². The fourth-order valence-corrected chi connectivity index (χ4v) is 5.13. The summed E-state index contributed by atoms with van der Waals surface area (Å²) >= 11 is 2.73. The molecule has 1 aliphatic carbocycles. The fraction of sp³-hybridized carbons (Fsp3) is 0.450. The van der Waals surface area contributed by atoms with Gasteiger partial charge in [0.2, 0.25) is 0 Å². The topological polar surface area (TPSA) is 81.7 Å². The highest BCUT2D eigenvalue weighted by atomic mass is 32.1. The first-order chi connectivity index (χ1) is 13.4. The number of ether oxygens (including phenoxy) is 2. The van der Waals surface area contributed by atoms with Gasteiger partial charge < -0.3 is 14.8 Å². The smallest absolute Gasteiger partial charge is 0.349 e. The number of hydrogen-bond acceptors (Lipinski definition) is 7. The monoisotopic (exact) mass is 421 g/mol. The van der Waals surface area contributed by atoms with Crippen LogP contribution < -0.4 is 5.32 Å². The number of hydrogen-bond donors (Lipinski definition) is 1. The van der Waals surface area contributed by atoms with Crippen molar-refractivity contribution in [3.8, 4) is 0 Å². The van der Waals surface area contributed by atoms with E-state index in [1.165, 1.54) is 29.6 Å². The number of aryl methyl sites for hydroxylation is 2. The zero-order chi connectivity index (χ0) is 20.3. The minimum Gasteiger partial charge on any atom is -0.462 e. The molecule has 2 aromatic heterocycles. The van der Waals surface area contributed by atoms with Gasteiger partial charge in [0.25, 0.3) is 5.91 Å². The highest BCUT2D eigenvalue weighted by Crippen LogP contribution is 2.38. The van der Waals surface area contributed by atoms with Crippen LogP contribution in [0.2, 0.25) is 0 Å².